The summed E-state index contributed by atoms with van der Waals surface area (Å²) < 4.78 is 41.4. The van der Waals surface area contributed by atoms with Crippen molar-refractivity contribution in [3.8, 4) is 0 Å². The van der Waals surface area contributed by atoms with E-state index < -0.39 is 24.9 Å². The van der Waals surface area contributed by atoms with Crippen molar-refractivity contribution in [2.24, 2.45) is 0 Å². The first-order valence-corrected chi connectivity index (χ1v) is 9.01. The van der Waals surface area contributed by atoms with Crippen LogP contribution in [0.25, 0.3) is 10.9 Å². The van der Waals surface area contributed by atoms with E-state index in [4.69, 9.17) is 0 Å². The number of benzene rings is 2. The van der Waals surface area contributed by atoms with E-state index in [0.717, 1.165) is 0 Å². The number of fused-ring (bicyclic) bond motifs is 1. The molecule has 28 heavy (non-hydrogen) atoms. The molecule has 148 valence electrons. The topological polar surface area (TPSA) is 48.4 Å². The van der Waals surface area contributed by atoms with Crippen molar-refractivity contribution < 1.29 is 18.3 Å². The Labute approximate surface area is 161 Å². The summed E-state index contributed by atoms with van der Waals surface area (Å²) in [4.78, 5) is 5.72. The third-order valence-corrected chi connectivity index (χ3v) is 4.70. The molecule has 7 heteroatoms. The zero-order valence-corrected chi connectivity index (χ0v) is 15.4. The van der Waals surface area contributed by atoms with E-state index in [1.807, 2.05) is 0 Å². The zero-order valence-electron chi connectivity index (χ0n) is 15.4. The molecule has 2 N–H and O–H groups in total. The fraction of sp³-hybridized carbons (Fsp3) is 0.286. The normalized spacial score (nSPS) is 13.9. The van der Waals surface area contributed by atoms with Crippen LogP contribution in [0.5, 0.6) is 0 Å². The SMILES string of the molecule is CCN(CC(O)(CNc1cccc2ncccc12)C(F)(F)F)c1ccccc1. The molecule has 4 nitrogen and oxygen atoms in total. The van der Waals surface area contributed by atoms with Gasteiger partial charge in [0.1, 0.15) is 0 Å². The number of para-hydroxylation sites is 1. The Morgan fingerprint density at radius 1 is 1.00 bits per heavy atom. The number of nitrogens with zero attached hydrogens (tertiary/aromatic N) is 2. The molecule has 0 aliphatic rings. The van der Waals surface area contributed by atoms with Crippen molar-refractivity contribution in [3.05, 3.63) is 66.9 Å². The summed E-state index contributed by atoms with van der Waals surface area (Å²) in [7, 11) is 0. The second kappa shape index (κ2) is 8.06. The smallest absolute Gasteiger partial charge is 0.381 e. The molecule has 0 saturated carbocycles. The van der Waals surface area contributed by atoms with Crippen molar-refractivity contribution in [2.45, 2.75) is 18.7 Å². The van der Waals surface area contributed by atoms with E-state index in [2.05, 4.69) is 10.3 Å². The molecular formula is C21H22F3N3O. The quantitative estimate of drug-likeness (QED) is 0.626. The maximum Gasteiger partial charge on any atom is 0.420 e. The zero-order chi connectivity index (χ0) is 20.2. The number of hydrogen-bond donors (Lipinski definition) is 2. The van der Waals surface area contributed by atoms with Crippen LogP contribution in [0.15, 0.2) is 66.9 Å². The van der Waals surface area contributed by atoms with Crippen LogP contribution in [0.3, 0.4) is 0 Å². The number of aromatic nitrogens is 1. The molecule has 0 saturated heterocycles. The van der Waals surface area contributed by atoms with Crippen LogP contribution in [0.4, 0.5) is 24.5 Å². The van der Waals surface area contributed by atoms with Crippen LogP contribution < -0.4 is 10.2 Å². The van der Waals surface area contributed by atoms with Gasteiger partial charge in [-0.25, -0.2) is 0 Å². The van der Waals surface area contributed by atoms with Gasteiger partial charge < -0.3 is 15.3 Å². The lowest BCUT2D eigenvalue weighted by Crippen LogP contribution is -2.58. The maximum absolute atomic E-state index is 13.8. The van der Waals surface area contributed by atoms with Crippen molar-refractivity contribution in [2.75, 3.05) is 29.9 Å². The van der Waals surface area contributed by atoms with Crippen LogP contribution in [0.2, 0.25) is 0 Å². The highest BCUT2D eigenvalue weighted by molar-refractivity contribution is 5.91. The van der Waals surface area contributed by atoms with E-state index in [0.29, 0.717) is 28.8 Å². The van der Waals surface area contributed by atoms with E-state index >= 15 is 0 Å². The third-order valence-electron chi connectivity index (χ3n) is 4.70. The molecular weight excluding hydrogens is 367 g/mol. The van der Waals surface area contributed by atoms with Crippen LogP contribution >= 0.6 is 0 Å². The predicted octanol–water partition coefficient (Wildman–Crippen LogP) is 4.47. The first kappa shape index (κ1) is 19.9. The lowest BCUT2D eigenvalue weighted by atomic mass is 10.0. The highest BCUT2D eigenvalue weighted by atomic mass is 19.4. The minimum absolute atomic E-state index is 0.334. The van der Waals surface area contributed by atoms with Gasteiger partial charge in [0.2, 0.25) is 0 Å². The minimum Gasteiger partial charge on any atom is -0.381 e. The van der Waals surface area contributed by atoms with Crippen molar-refractivity contribution >= 4 is 22.3 Å². The summed E-state index contributed by atoms with van der Waals surface area (Å²) in [5.74, 6) is 0. The Balaban J connectivity index is 1.85. The van der Waals surface area contributed by atoms with Gasteiger partial charge in [-0.05, 0) is 43.3 Å². The van der Waals surface area contributed by atoms with E-state index in [-0.39, 0.29) is 0 Å². The number of anilines is 2. The van der Waals surface area contributed by atoms with Crippen LogP contribution in [-0.4, -0.2) is 41.5 Å². The van der Waals surface area contributed by atoms with Gasteiger partial charge in [-0.15, -0.1) is 0 Å². The molecule has 1 unspecified atom stereocenters. The van der Waals surface area contributed by atoms with Crippen molar-refractivity contribution in [1.82, 2.24) is 4.98 Å². The number of hydrogen-bond acceptors (Lipinski definition) is 4. The van der Waals surface area contributed by atoms with Gasteiger partial charge in [-0.1, -0.05) is 24.3 Å². The molecule has 3 rings (SSSR count). The minimum atomic E-state index is -4.80. The number of rotatable bonds is 7. The lowest BCUT2D eigenvalue weighted by Gasteiger charge is -2.36. The molecule has 0 bridgehead atoms. The number of likely N-dealkylation sites (N-methyl/N-ethyl adjacent to an activating group) is 1. The monoisotopic (exact) mass is 389 g/mol. The maximum atomic E-state index is 13.8. The second-order valence-corrected chi connectivity index (χ2v) is 6.61. The largest absolute Gasteiger partial charge is 0.420 e. The molecule has 1 heterocycles. The Morgan fingerprint density at radius 3 is 2.43 bits per heavy atom. The molecule has 0 amide bonds. The number of alkyl halides is 3. The second-order valence-electron chi connectivity index (χ2n) is 6.61. The lowest BCUT2D eigenvalue weighted by molar-refractivity contribution is -0.250. The summed E-state index contributed by atoms with van der Waals surface area (Å²) in [6.07, 6.45) is -3.18. The van der Waals surface area contributed by atoms with Gasteiger partial charge in [0.25, 0.3) is 0 Å². The Kier molecular flexibility index (Phi) is 5.74. The van der Waals surface area contributed by atoms with Gasteiger partial charge in [-0.2, -0.15) is 13.2 Å². The summed E-state index contributed by atoms with van der Waals surface area (Å²) in [5, 5.41) is 14.1. The first-order valence-electron chi connectivity index (χ1n) is 9.01. The fourth-order valence-electron chi connectivity index (χ4n) is 3.08. The number of nitrogens with one attached hydrogen (secondary N) is 1. The van der Waals surface area contributed by atoms with E-state index in [9.17, 15) is 18.3 Å². The van der Waals surface area contributed by atoms with Crippen LogP contribution in [-0.2, 0) is 0 Å². The third kappa shape index (κ3) is 4.20. The summed E-state index contributed by atoms with van der Waals surface area (Å²) in [6, 6.07) is 17.4. The molecule has 0 spiro atoms. The highest BCUT2D eigenvalue weighted by Gasteiger charge is 2.54. The van der Waals surface area contributed by atoms with E-state index in [1.54, 1.807) is 73.8 Å². The average molecular weight is 389 g/mol. The number of aliphatic hydroxyl groups is 1. The van der Waals surface area contributed by atoms with Crippen molar-refractivity contribution in [1.29, 1.82) is 0 Å². The van der Waals surface area contributed by atoms with Crippen LogP contribution in [0, 0.1) is 0 Å². The molecule has 3 aromatic rings. The molecule has 0 aliphatic carbocycles. The van der Waals surface area contributed by atoms with Crippen LogP contribution in [0.1, 0.15) is 6.92 Å². The van der Waals surface area contributed by atoms with Gasteiger partial charge >= 0.3 is 6.18 Å². The van der Waals surface area contributed by atoms with Gasteiger partial charge in [0, 0.05) is 29.5 Å². The molecule has 1 aromatic heterocycles. The number of pyridine rings is 1. The van der Waals surface area contributed by atoms with E-state index in [1.165, 1.54) is 4.90 Å². The number of halogens is 3. The Morgan fingerprint density at radius 2 is 1.75 bits per heavy atom. The Bertz CT molecular complexity index is 912. The summed E-state index contributed by atoms with van der Waals surface area (Å²) in [5.41, 5.74) is -1.14. The molecule has 0 fully saturated rings. The summed E-state index contributed by atoms with van der Waals surface area (Å²) >= 11 is 0. The standard InChI is InChI=1S/C21H22F3N3O/c1-2-27(16-8-4-3-5-9-16)15-20(28,21(22,23)24)14-26-19-12-6-11-18-17(19)10-7-13-25-18/h3-13,26,28H,2,14-15H2,1H3. The molecule has 1 atom stereocenters. The predicted molar refractivity (Wildman–Crippen MR) is 106 cm³/mol. The highest BCUT2D eigenvalue weighted by Crippen LogP contribution is 2.33. The Hall–Kier alpha value is -2.80. The molecule has 0 aliphatic heterocycles. The van der Waals surface area contributed by atoms with Gasteiger partial charge in [0.05, 0.1) is 18.6 Å². The average Bonchev–Trinajstić information content (AvgIpc) is 2.70. The first-order chi connectivity index (χ1) is 13.3. The van der Waals surface area contributed by atoms with Gasteiger partial charge in [0.15, 0.2) is 5.60 Å². The molecule has 2 aromatic carbocycles. The van der Waals surface area contributed by atoms with Crippen molar-refractivity contribution in [3.63, 3.8) is 0 Å². The summed E-state index contributed by atoms with van der Waals surface area (Å²) in [6.45, 7) is 0.842. The molecule has 0 radical (unpaired) electrons. The fourth-order valence-corrected chi connectivity index (χ4v) is 3.08. The van der Waals surface area contributed by atoms with Gasteiger partial charge in [-0.3, -0.25) is 4.98 Å².